The van der Waals surface area contributed by atoms with Crippen molar-refractivity contribution >= 4 is 11.6 Å². The zero-order valence-corrected chi connectivity index (χ0v) is 9.35. The van der Waals surface area contributed by atoms with E-state index in [1.165, 1.54) is 13.3 Å². The van der Waals surface area contributed by atoms with Crippen LogP contribution in [0.15, 0.2) is 18.6 Å². The number of imidazole rings is 1. The smallest absolute Gasteiger partial charge is 0.318 e. The third kappa shape index (κ3) is 1.84. The van der Waals surface area contributed by atoms with Crippen LogP contribution in [0.4, 0.5) is 0 Å². The maximum Gasteiger partial charge on any atom is 0.318 e. The monoisotopic (exact) mass is 239 g/mol. The Labute approximate surface area is 97.1 Å². The van der Waals surface area contributed by atoms with Gasteiger partial charge < -0.3 is 10.5 Å². The van der Waals surface area contributed by atoms with Crippen molar-refractivity contribution in [3.05, 3.63) is 29.4 Å². The van der Waals surface area contributed by atoms with Crippen molar-refractivity contribution in [2.45, 2.75) is 6.54 Å². The Morgan fingerprint density at radius 2 is 2.31 bits per heavy atom. The standard InChI is InChI=1S/C9H10ClN5O/c1-16-9-13-5-6(10)8(14-9)15-3-2-12-7(15)4-11/h2-3,5H,4,11H2,1H3. The molecule has 0 saturated carbocycles. The van der Waals surface area contributed by atoms with E-state index in [0.29, 0.717) is 23.2 Å². The van der Waals surface area contributed by atoms with Crippen molar-refractivity contribution in [3.63, 3.8) is 0 Å². The Morgan fingerprint density at radius 1 is 1.50 bits per heavy atom. The molecule has 0 atom stereocenters. The van der Waals surface area contributed by atoms with Crippen LogP contribution >= 0.6 is 11.6 Å². The summed E-state index contributed by atoms with van der Waals surface area (Å²) in [6.07, 6.45) is 4.84. The molecule has 2 heterocycles. The van der Waals surface area contributed by atoms with Crippen LogP contribution in [0.1, 0.15) is 5.82 Å². The van der Waals surface area contributed by atoms with Gasteiger partial charge in [-0.1, -0.05) is 11.6 Å². The Hall–Kier alpha value is -1.66. The first kappa shape index (κ1) is 10.8. The van der Waals surface area contributed by atoms with E-state index in [-0.39, 0.29) is 6.01 Å². The molecule has 0 bridgehead atoms. The number of halogens is 1. The lowest BCUT2D eigenvalue weighted by Crippen LogP contribution is -2.09. The predicted molar refractivity (Wildman–Crippen MR) is 58.6 cm³/mol. The molecule has 0 saturated heterocycles. The van der Waals surface area contributed by atoms with E-state index in [1.807, 2.05) is 0 Å². The zero-order chi connectivity index (χ0) is 11.5. The number of hydrogen-bond acceptors (Lipinski definition) is 5. The van der Waals surface area contributed by atoms with Gasteiger partial charge in [-0.15, -0.1) is 0 Å². The summed E-state index contributed by atoms with van der Waals surface area (Å²) in [7, 11) is 1.49. The highest BCUT2D eigenvalue weighted by Crippen LogP contribution is 2.20. The van der Waals surface area contributed by atoms with Crippen LogP contribution in [-0.2, 0) is 6.54 Å². The number of ether oxygens (including phenoxy) is 1. The van der Waals surface area contributed by atoms with Gasteiger partial charge in [0.05, 0.1) is 19.9 Å². The second-order valence-corrected chi connectivity index (χ2v) is 3.35. The van der Waals surface area contributed by atoms with Crippen LogP contribution in [0.5, 0.6) is 6.01 Å². The highest BCUT2D eigenvalue weighted by molar-refractivity contribution is 6.32. The molecule has 2 rings (SSSR count). The fourth-order valence-electron chi connectivity index (χ4n) is 1.29. The van der Waals surface area contributed by atoms with Gasteiger partial charge in [0.1, 0.15) is 10.8 Å². The predicted octanol–water partition coefficient (Wildman–Crippen LogP) is 0.783. The highest BCUT2D eigenvalue weighted by Gasteiger charge is 2.10. The Bertz CT molecular complexity index is 498. The van der Waals surface area contributed by atoms with Crippen LogP contribution in [0.25, 0.3) is 5.82 Å². The fourth-order valence-corrected chi connectivity index (χ4v) is 1.47. The minimum atomic E-state index is 0.246. The number of hydrogen-bond donors (Lipinski definition) is 1. The summed E-state index contributed by atoms with van der Waals surface area (Å²) in [4.78, 5) is 12.1. The van der Waals surface area contributed by atoms with Crippen LogP contribution in [0.2, 0.25) is 5.02 Å². The maximum atomic E-state index is 6.00. The quantitative estimate of drug-likeness (QED) is 0.857. The summed E-state index contributed by atoms with van der Waals surface area (Å²) in [5.41, 5.74) is 5.55. The van der Waals surface area contributed by atoms with Crippen molar-refractivity contribution in [2.75, 3.05) is 7.11 Å². The average Bonchev–Trinajstić information content (AvgIpc) is 2.77. The summed E-state index contributed by atoms with van der Waals surface area (Å²) < 4.78 is 6.64. The first-order chi connectivity index (χ1) is 7.76. The van der Waals surface area contributed by atoms with Crippen molar-refractivity contribution in [1.82, 2.24) is 19.5 Å². The van der Waals surface area contributed by atoms with E-state index in [9.17, 15) is 0 Å². The minimum Gasteiger partial charge on any atom is -0.467 e. The molecule has 0 amide bonds. The molecular weight excluding hydrogens is 230 g/mol. The largest absolute Gasteiger partial charge is 0.467 e. The molecule has 2 aromatic rings. The number of nitrogens with zero attached hydrogens (tertiary/aromatic N) is 4. The van der Waals surface area contributed by atoms with Crippen molar-refractivity contribution in [1.29, 1.82) is 0 Å². The zero-order valence-electron chi connectivity index (χ0n) is 8.59. The molecule has 84 valence electrons. The van der Waals surface area contributed by atoms with E-state index < -0.39 is 0 Å². The molecule has 0 aliphatic carbocycles. The van der Waals surface area contributed by atoms with Gasteiger partial charge >= 0.3 is 6.01 Å². The molecule has 16 heavy (non-hydrogen) atoms. The lowest BCUT2D eigenvalue weighted by molar-refractivity contribution is 0.379. The molecule has 0 radical (unpaired) electrons. The van der Waals surface area contributed by atoms with Crippen LogP contribution < -0.4 is 10.5 Å². The molecule has 0 unspecified atom stereocenters. The Kier molecular flexibility index (Phi) is 3.02. The van der Waals surface area contributed by atoms with Gasteiger partial charge in [0.25, 0.3) is 0 Å². The van der Waals surface area contributed by atoms with E-state index in [0.717, 1.165) is 0 Å². The molecular formula is C9H10ClN5O. The molecule has 0 spiro atoms. The van der Waals surface area contributed by atoms with Crippen molar-refractivity contribution < 1.29 is 4.74 Å². The van der Waals surface area contributed by atoms with E-state index in [1.54, 1.807) is 17.0 Å². The topological polar surface area (TPSA) is 78.8 Å². The average molecular weight is 240 g/mol. The van der Waals surface area contributed by atoms with Gasteiger partial charge in [-0.3, -0.25) is 4.57 Å². The minimum absolute atomic E-state index is 0.246. The van der Waals surface area contributed by atoms with Gasteiger partial charge in [-0.2, -0.15) is 4.98 Å². The molecule has 0 aliphatic heterocycles. The number of aromatic nitrogens is 4. The van der Waals surface area contributed by atoms with Crippen molar-refractivity contribution in [2.24, 2.45) is 5.73 Å². The summed E-state index contributed by atoms with van der Waals surface area (Å²) >= 11 is 6.00. The Balaban J connectivity index is 2.54. The second-order valence-electron chi connectivity index (χ2n) is 2.95. The molecule has 0 aromatic carbocycles. The lowest BCUT2D eigenvalue weighted by atomic mass is 10.5. The third-order valence-corrected chi connectivity index (χ3v) is 2.28. The molecule has 0 fully saturated rings. The molecule has 6 nitrogen and oxygen atoms in total. The normalized spacial score (nSPS) is 10.4. The van der Waals surface area contributed by atoms with Crippen molar-refractivity contribution in [3.8, 4) is 11.8 Å². The van der Waals surface area contributed by atoms with Gasteiger partial charge in [-0.25, -0.2) is 9.97 Å². The van der Waals surface area contributed by atoms with Crippen LogP contribution in [0, 0.1) is 0 Å². The highest BCUT2D eigenvalue weighted by atomic mass is 35.5. The van der Waals surface area contributed by atoms with E-state index >= 15 is 0 Å². The molecule has 0 aliphatic rings. The van der Waals surface area contributed by atoms with Gasteiger partial charge in [0.15, 0.2) is 5.82 Å². The molecule has 7 heteroatoms. The third-order valence-electron chi connectivity index (χ3n) is 2.01. The summed E-state index contributed by atoms with van der Waals surface area (Å²) in [5.74, 6) is 1.18. The Morgan fingerprint density at radius 3 is 3.00 bits per heavy atom. The van der Waals surface area contributed by atoms with E-state index in [4.69, 9.17) is 22.1 Å². The SMILES string of the molecule is COc1ncc(Cl)c(-n2ccnc2CN)n1. The second kappa shape index (κ2) is 4.46. The number of nitrogens with two attached hydrogens (primary N) is 1. The molecule has 2 aromatic heterocycles. The summed E-state index contributed by atoms with van der Waals surface area (Å²) in [5, 5.41) is 0.411. The first-order valence-corrected chi connectivity index (χ1v) is 4.93. The maximum absolute atomic E-state index is 6.00. The summed E-state index contributed by atoms with van der Waals surface area (Å²) in [6.45, 7) is 0.301. The number of rotatable bonds is 3. The fraction of sp³-hybridized carbons (Fsp3) is 0.222. The van der Waals surface area contributed by atoms with E-state index in [2.05, 4.69) is 15.0 Å². The van der Waals surface area contributed by atoms with Gasteiger partial charge in [-0.05, 0) is 0 Å². The van der Waals surface area contributed by atoms with Crippen LogP contribution in [0.3, 0.4) is 0 Å². The molecule has 2 N–H and O–H groups in total. The lowest BCUT2D eigenvalue weighted by Gasteiger charge is -2.07. The van der Waals surface area contributed by atoms with Crippen LogP contribution in [-0.4, -0.2) is 26.6 Å². The van der Waals surface area contributed by atoms with Gasteiger partial charge in [0.2, 0.25) is 0 Å². The van der Waals surface area contributed by atoms with Gasteiger partial charge in [0, 0.05) is 12.4 Å². The first-order valence-electron chi connectivity index (χ1n) is 4.55. The number of methoxy groups -OCH3 is 1. The summed E-state index contributed by atoms with van der Waals surface area (Å²) in [6, 6.07) is 0.246.